The van der Waals surface area contributed by atoms with Crippen LogP contribution in [0.15, 0.2) is 35.5 Å². The molecule has 23 heavy (non-hydrogen) atoms. The maximum Gasteiger partial charge on any atom is 0.264 e. The molecule has 0 bridgehead atoms. The molecule has 3 rings (SSSR count). The van der Waals surface area contributed by atoms with Crippen LogP contribution in [0.4, 0.5) is 5.69 Å². The number of fused-ring (bicyclic) bond motifs is 1. The zero-order valence-corrected chi connectivity index (χ0v) is 13.2. The second-order valence-electron chi connectivity index (χ2n) is 5.55. The third-order valence-electron chi connectivity index (χ3n) is 3.70. The zero-order chi connectivity index (χ0) is 16.6. The molecular weight excluding hydrogens is 294 g/mol. The van der Waals surface area contributed by atoms with Crippen molar-refractivity contribution in [1.82, 2.24) is 19.3 Å². The predicted octanol–water partition coefficient (Wildman–Crippen LogP) is 1.39. The Bertz CT molecular complexity index is 955. The number of carbonyl (C=O) groups excluding carboxylic acids is 1. The Kier molecular flexibility index (Phi) is 3.69. The molecule has 0 fully saturated rings. The number of aryl methyl sites for hydroxylation is 3. The van der Waals surface area contributed by atoms with Crippen molar-refractivity contribution in [1.29, 1.82) is 0 Å². The Morgan fingerprint density at radius 2 is 2.09 bits per heavy atom. The molecule has 0 aliphatic rings. The van der Waals surface area contributed by atoms with E-state index >= 15 is 0 Å². The molecule has 0 radical (unpaired) electrons. The third kappa shape index (κ3) is 2.85. The van der Waals surface area contributed by atoms with Crippen LogP contribution in [0.2, 0.25) is 0 Å². The standard InChI is InChI=1S/C16H17N5O2/c1-10-4-5-11(2)13(6-10)19-14(22)8-21-9-17-15-12(16(21)23)7-18-20(15)3/h4-7,9H,8H2,1-3H3,(H,19,22). The summed E-state index contributed by atoms with van der Waals surface area (Å²) in [6.45, 7) is 3.79. The van der Waals surface area contributed by atoms with E-state index in [0.29, 0.717) is 11.0 Å². The molecule has 1 aromatic carbocycles. The smallest absolute Gasteiger partial charge is 0.264 e. The first kappa shape index (κ1) is 15.0. The van der Waals surface area contributed by atoms with Crippen LogP contribution >= 0.6 is 0 Å². The number of rotatable bonds is 3. The summed E-state index contributed by atoms with van der Waals surface area (Å²) < 4.78 is 2.81. The fraction of sp³-hybridized carbons (Fsp3) is 0.250. The fourth-order valence-corrected chi connectivity index (χ4v) is 2.39. The first-order valence-electron chi connectivity index (χ1n) is 7.20. The first-order valence-corrected chi connectivity index (χ1v) is 7.20. The average Bonchev–Trinajstić information content (AvgIpc) is 2.88. The minimum Gasteiger partial charge on any atom is -0.324 e. The quantitative estimate of drug-likeness (QED) is 0.792. The number of anilines is 1. The van der Waals surface area contributed by atoms with Crippen LogP contribution in [-0.2, 0) is 18.4 Å². The van der Waals surface area contributed by atoms with E-state index in [1.807, 2.05) is 32.0 Å². The van der Waals surface area contributed by atoms with Gasteiger partial charge in [-0.15, -0.1) is 0 Å². The molecule has 118 valence electrons. The molecule has 3 aromatic rings. The summed E-state index contributed by atoms with van der Waals surface area (Å²) in [7, 11) is 1.71. The minimum atomic E-state index is -0.279. The van der Waals surface area contributed by atoms with Crippen LogP contribution < -0.4 is 10.9 Å². The van der Waals surface area contributed by atoms with Gasteiger partial charge in [-0.2, -0.15) is 5.10 Å². The lowest BCUT2D eigenvalue weighted by molar-refractivity contribution is -0.116. The SMILES string of the molecule is Cc1ccc(C)c(NC(=O)Cn2cnc3c(cnn3C)c2=O)c1. The largest absolute Gasteiger partial charge is 0.324 e. The van der Waals surface area contributed by atoms with E-state index in [4.69, 9.17) is 0 Å². The second kappa shape index (κ2) is 5.68. The number of benzene rings is 1. The van der Waals surface area contributed by atoms with Crippen molar-refractivity contribution >= 4 is 22.6 Å². The molecule has 1 amide bonds. The van der Waals surface area contributed by atoms with Crippen molar-refractivity contribution in [2.24, 2.45) is 7.05 Å². The van der Waals surface area contributed by atoms with E-state index in [0.717, 1.165) is 16.8 Å². The first-order chi connectivity index (χ1) is 11.0. The summed E-state index contributed by atoms with van der Waals surface area (Å²) in [6.07, 6.45) is 2.83. The molecule has 0 aliphatic carbocycles. The highest BCUT2D eigenvalue weighted by atomic mass is 16.2. The number of carbonyl (C=O) groups is 1. The van der Waals surface area contributed by atoms with Crippen LogP contribution in [0.5, 0.6) is 0 Å². The number of nitrogens with one attached hydrogen (secondary N) is 1. The number of hydrogen-bond donors (Lipinski definition) is 1. The molecule has 0 unspecified atom stereocenters. The summed E-state index contributed by atoms with van der Waals surface area (Å²) in [5.74, 6) is -0.272. The third-order valence-corrected chi connectivity index (χ3v) is 3.70. The predicted molar refractivity (Wildman–Crippen MR) is 87.3 cm³/mol. The molecule has 0 spiro atoms. The minimum absolute atomic E-state index is 0.0932. The van der Waals surface area contributed by atoms with E-state index in [1.165, 1.54) is 21.8 Å². The maximum absolute atomic E-state index is 12.3. The van der Waals surface area contributed by atoms with Crippen molar-refractivity contribution in [3.05, 3.63) is 52.2 Å². The van der Waals surface area contributed by atoms with Crippen LogP contribution in [0.1, 0.15) is 11.1 Å². The lowest BCUT2D eigenvalue weighted by Gasteiger charge is -2.10. The second-order valence-corrected chi connectivity index (χ2v) is 5.55. The summed E-state index contributed by atoms with van der Waals surface area (Å²) in [6, 6.07) is 5.83. The number of amides is 1. The normalized spacial score (nSPS) is 10.9. The van der Waals surface area contributed by atoms with Gasteiger partial charge in [-0.25, -0.2) is 4.98 Å². The number of aromatic nitrogens is 4. The molecular formula is C16H17N5O2. The zero-order valence-electron chi connectivity index (χ0n) is 13.2. The molecule has 1 N–H and O–H groups in total. The van der Waals surface area contributed by atoms with Gasteiger partial charge in [0, 0.05) is 12.7 Å². The summed E-state index contributed by atoms with van der Waals surface area (Å²) in [5.41, 5.74) is 3.00. The molecule has 2 aromatic heterocycles. The van der Waals surface area contributed by atoms with Gasteiger partial charge in [-0.3, -0.25) is 18.8 Å². The van der Waals surface area contributed by atoms with E-state index in [2.05, 4.69) is 15.4 Å². The van der Waals surface area contributed by atoms with E-state index in [-0.39, 0.29) is 18.0 Å². The molecule has 7 nitrogen and oxygen atoms in total. The topological polar surface area (TPSA) is 81.8 Å². The van der Waals surface area contributed by atoms with Crippen molar-refractivity contribution in [3.8, 4) is 0 Å². The lowest BCUT2D eigenvalue weighted by Crippen LogP contribution is -2.28. The van der Waals surface area contributed by atoms with Crippen molar-refractivity contribution in [3.63, 3.8) is 0 Å². The molecule has 0 saturated heterocycles. The number of nitrogens with zero attached hydrogens (tertiary/aromatic N) is 4. The Labute approximate surface area is 132 Å². The molecule has 7 heteroatoms. The van der Waals surface area contributed by atoms with Gasteiger partial charge >= 0.3 is 0 Å². The van der Waals surface area contributed by atoms with Crippen molar-refractivity contribution in [2.75, 3.05) is 5.32 Å². The van der Waals surface area contributed by atoms with Crippen LogP contribution in [0.3, 0.4) is 0 Å². The Balaban J connectivity index is 1.84. The Morgan fingerprint density at radius 1 is 1.30 bits per heavy atom. The van der Waals surface area contributed by atoms with Gasteiger partial charge in [-0.1, -0.05) is 12.1 Å². The van der Waals surface area contributed by atoms with Gasteiger partial charge in [0.05, 0.1) is 6.20 Å². The molecule has 0 atom stereocenters. The van der Waals surface area contributed by atoms with Crippen LogP contribution in [-0.4, -0.2) is 25.2 Å². The van der Waals surface area contributed by atoms with Gasteiger partial charge in [0.15, 0.2) is 5.65 Å². The summed E-state index contributed by atoms with van der Waals surface area (Å²) in [4.78, 5) is 28.7. The molecule has 2 heterocycles. The van der Waals surface area contributed by atoms with Crippen molar-refractivity contribution in [2.45, 2.75) is 20.4 Å². The Hall–Kier alpha value is -2.96. The van der Waals surface area contributed by atoms with Gasteiger partial charge in [0.25, 0.3) is 5.56 Å². The highest BCUT2D eigenvalue weighted by Crippen LogP contribution is 2.16. The molecule has 0 aliphatic heterocycles. The monoisotopic (exact) mass is 311 g/mol. The average molecular weight is 311 g/mol. The summed E-state index contributed by atoms with van der Waals surface area (Å²) in [5, 5.41) is 7.24. The highest BCUT2D eigenvalue weighted by molar-refractivity contribution is 5.91. The van der Waals surface area contributed by atoms with E-state index in [9.17, 15) is 9.59 Å². The molecule has 0 saturated carbocycles. The van der Waals surface area contributed by atoms with Gasteiger partial charge in [-0.05, 0) is 31.0 Å². The van der Waals surface area contributed by atoms with Gasteiger partial charge in [0.1, 0.15) is 18.3 Å². The van der Waals surface area contributed by atoms with E-state index < -0.39 is 0 Å². The van der Waals surface area contributed by atoms with Gasteiger partial charge < -0.3 is 5.32 Å². The summed E-state index contributed by atoms with van der Waals surface area (Å²) >= 11 is 0. The maximum atomic E-state index is 12.3. The van der Waals surface area contributed by atoms with Gasteiger partial charge in [0.2, 0.25) is 5.91 Å². The van der Waals surface area contributed by atoms with Crippen LogP contribution in [0, 0.1) is 13.8 Å². The number of hydrogen-bond acceptors (Lipinski definition) is 4. The highest BCUT2D eigenvalue weighted by Gasteiger charge is 2.11. The van der Waals surface area contributed by atoms with Crippen LogP contribution in [0.25, 0.3) is 11.0 Å². The Morgan fingerprint density at radius 3 is 2.87 bits per heavy atom. The van der Waals surface area contributed by atoms with Crippen molar-refractivity contribution < 1.29 is 4.79 Å². The lowest BCUT2D eigenvalue weighted by atomic mass is 10.1. The van der Waals surface area contributed by atoms with E-state index in [1.54, 1.807) is 7.05 Å². The fourth-order valence-electron chi connectivity index (χ4n) is 2.39.